The van der Waals surface area contributed by atoms with E-state index >= 15 is 0 Å². The van der Waals surface area contributed by atoms with Gasteiger partial charge in [-0.2, -0.15) is 0 Å². The molecular weight excluding hydrogens is 449 g/mol. The lowest BCUT2D eigenvalue weighted by atomic mass is 9.93. The summed E-state index contributed by atoms with van der Waals surface area (Å²) in [6.07, 6.45) is 2.16. The molecule has 8 heteroatoms. The lowest BCUT2D eigenvalue weighted by Crippen LogP contribution is -2.33. The van der Waals surface area contributed by atoms with E-state index in [2.05, 4.69) is 59.4 Å². The number of benzene rings is 3. The molecule has 0 aliphatic heterocycles. The summed E-state index contributed by atoms with van der Waals surface area (Å²) in [6.45, 7) is 2.30. The van der Waals surface area contributed by atoms with Gasteiger partial charge in [-0.25, -0.2) is 9.35 Å². The van der Waals surface area contributed by atoms with Crippen molar-refractivity contribution in [2.45, 2.75) is 62.4 Å². The lowest BCUT2D eigenvalue weighted by molar-refractivity contribution is -0.274. The molecule has 33 heavy (non-hydrogen) atoms. The van der Waals surface area contributed by atoms with Gasteiger partial charge in [0, 0.05) is 12.1 Å². The third-order valence-electron chi connectivity index (χ3n) is 5.67. The van der Waals surface area contributed by atoms with Gasteiger partial charge in [-0.15, -0.1) is 13.2 Å². The van der Waals surface area contributed by atoms with Gasteiger partial charge in [-0.1, -0.05) is 61.7 Å². The summed E-state index contributed by atoms with van der Waals surface area (Å²) in [5.74, 6) is -0.369. The Bertz CT molecular complexity index is 1050. The summed E-state index contributed by atoms with van der Waals surface area (Å²) in [5.41, 5.74) is 1.43. The fourth-order valence-corrected chi connectivity index (χ4v) is 4.52. The number of hydrogen-bond donors (Lipinski definition) is 2. The van der Waals surface area contributed by atoms with E-state index in [1.165, 1.54) is 60.6 Å². The maximum Gasteiger partial charge on any atom is 0.573 e. The van der Waals surface area contributed by atoms with E-state index in [0.717, 1.165) is 12.1 Å². The number of halogens is 3. The average Bonchev–Trinajstić information content (AvgIpc) is 2.79. The van der Waals surface area contributed by atoms with Crippen molar-refractivity contribution in [3.8, 4) is 5.75 Å². The van der Waals surface area contributed by atoms with Crippen LogP contribution < -0.4 is 15.2 Å². The van der Waals surface area contributed by atoms with Crippen molar-refractivity contribution in [1.29, 1.82) is 0 Å². The first-order valence-corrected chi connectivity index (χ1v) is 12.2. The molecule has 1 aliphatic carbocycles. The molecule has 0 aromatic heterocycles. The van der Waals surface area contributed by atoms with Gasteiger partial charge in [0.15, 0.2) is 0 Å². The SMILES string of the molecule is CC(NC1CCCCC1)c1cccc2ccccc12.NS(=O)c1ccc(OC(F)(F)F)cc1. The monoisotopic (exact) mass is 478 g/mol. The van der Waals surface area contributed by atoms with Crippen LogP contribution in [-0.2, 0) is 11.0 Å². The molecule has 1 fully saturated rings. The fourth-order valence-electron chi connectivity index (χ4n) is 4.12. The van der Waals surface area contributed by atoms with E-state index < -0.39 is 17.3 Å². The Hall–Kier alpha value is -2.42. The number of nitrogens with two attached hydrogens (primary N) is 1. The second-order valence-corrected chi connectivity index (χ2v) is 9.17. The maximum atomic E-state index is 11.7. The molecule has 0 saturated heterocycles. The summed E-state index contributed by atoms with van der Waals surface area (Å²) < 4.78 is 49.3. The minimum Gasteiger partial charge on any atom is -0.406 e. The predicted octanol–water partition coefficient (Wildman–Crippen LogP) is 6.39. The van der Waals surface area contributed by atoms with E-state index in [4.69, 9.17) is 5.14 Å². The second-order valence-electron chi connectivity index (χ2n) is 8.11. The van der Waals surface area contributed by atoms with Gasteiger partial charge in [-0.3, -0.25) is 0 Å². The summed E-state index contributed by atoms with van der Waals surface area (Å²) >= 11 is 0. The van der Waals surface area contributed by atoms with Crippen LogP contribution in [0.25, 0.3) is 10.8 Å². The molecule has 4 rings (SSSR count). The summed E-state index contributed by atoms with van der Waals surface area (Å²) in [6, 6.07) is 21.0. The smallest absolute Gasteiger partial charge is 0.406 e. The Kier molecular flexibility index (Phi) is 8.88. The molecule has 0 amide bonds. The van der Waals surface area contributed by atoms with Crippen molar-refractivity contribution in [2.24, 2.45) is 5.14 Å². The standard InChI is InChI=1S/C18H23N.C7H6F3NO2S/c1-14(19-16-10-3-2-4-11-16)17-13-7-9-15-8-5-6-12-18(15)17;8-7(9,10)13-5-1-3-6(4-2-5)14(11)12/h5-9,12-14,16,19H,2-4,10-11H2,1H3;1-4H,11H2. The first-order chi connectivity index (χ1) is 15.7. The molecule has 3 N–H and O–H groups in total. The summed E-state index contributed by atoms with van der Waals surface area (Å²) in [7, 11) is -1.70. The Labute approximate surface area is 194 Å². The molecule has 2 unspecified atom stereocenters. The van der Waals surface area contributed by atoms with Crippen molar-refractivity contribution in [3.63, 3.8) is 0 Å². The third kappa shape index (κ3) is 7.84. The van der Waals surface area contributed by atoms with E-state index in [1.807, 2.05) is 0 Å². The number of rotatable bonds is 5. The third-order valence-corrected chi connectivity index (χ3v) is 6.41. The van der Waals surface area contributed by atoms with Crippen LogP contribution in [0.3, 0.4) is 0 Å². The first-order valence-electron chi connectivity index (χ1n) is 11.0. The van der Waals surface area contributed by atoms with Crippen LogP contribution in [-0.4, -0.2) is 16.6 Å². The zero-order valence-corrected chi connectivity index (χ0v) is 19.3. The normalized spacial score (nSPS) is 16.5. The largest absolute Gasteiger partial charge is 0.573 e. The topological polar surface area (TPSA) is 64.3 Å². The van der Waals surface area contributed by atoms with Gasteiger partial charge >= 0.3 is 6.36 Å². The van der Waals surface area contributed by atoms with Gasteiger partial charge in [0.1, 0.15) is 16.7 Å². The molecule has 2 atom stereocenters. The highest BCUT2D eigenvalue weighted by molar-refractivity contribution is 7.82. The molecule has 3 aromatic rings. The van der Waals surface area contributed by atoms with Crippen molar-refractivity contribution >= 4 is 21.8 Å². The Balaban J connectivity index is 0.000000196. The molecule has 0 heterocycles. The van der Waals surface area contributed by atoms with Crippen LogP contribution in [0.1, 0.15) is 50.6 Å². The highest BCUT2D eigenvalue weighted by Gasteiger charge is 2.31. The quantitative estimate of drug-likeness (QED) is 0.447. The van der Waals surface area contributed by atoms with Crippen LogP contribution in [0.4, 0.5) is 13.2 Å². The van der Waals surface area contributed by atoms with Crippen LogP contribution >= 0.6 is 0 Å². The van der Waals surface area contributed by atoms with Crippen LogP contribution in [0, 0.1) is 0 Å². The first kappa shape index (κ1) is 25.2. The van der Waals surface area contributed by atoms with Crippen molar-refractivity contribution in [2.75, 3.05) is 0 Å². The lowest BCUT2D eigenvalue weighted by Gasteiger charge is -2.27. The number of hydrogen-bond acceptors (Lipinski definition) is 3. The average molecular weight is 479 g/mol. The Morgan fingerprint density at radius 1 is 0.970 bits per heavy atom. The molecular formula is C25H29F3N2O2S. The highest BCUT2D eigenvalue weighted by Crippen LogP contribution is 2.27. The van der Waals surface area contributed by atoms with Gasteiger partial charge in [0.25, 0.3) is 0 Å². The van der Waals surface area contributed by atoms with Gasteiger partial charge < -0.3 is 10.1 Å². The molecule has 0 spiro atoms. The van der Waals surface area contributed by atoms with Crippen LogP contribution in [0.15, 0.2) is 71.6 Å². The van der Waals surface area contributed by atoms with Crippen LogP contribution in [0.2, 0.25) is 0 Å². The molecule has 3 aromatic carbocycles. The summed E-state index contributed by atoms with van der Waals surface area (Å²) in [5, 5.41) is 11.6. The fraction of sp³-hybridized carbons (Fsp3) is 0.360. The highest BCUT2D eigenvalue weighted by atomic mass is 32.2. The minimum atomic E-state index is -4.72. The van der Waals surface area contributed by atoms with Crippen molar-refractivity contribution < 1.29 is 22.1 Å². The minimum absolute atomic E-state index is 0.236. The van der Waals surface area contributed by atoms with Gasteiger partial charge in [0.05, 0.1) is 4.90 Å². The van der Waals surface area contributed by atoms with E-state index in [9.17, 15) is 17.4 Å². The zero-order chi connectivity index (χ0) is 23.8. The van der Waals surface area contributed by atoms with Crippen molar-refractivity contribution in [1.82, 2.24) is 5.32 Å². The maximum absolute atomic E-state index is 11.7. The molecule has 0 radical (unpaired) electrons. The number of ether oxygens (including phenoxy) is 1. The summed E-state index contributed by atoms with van der Waals surface area (Å²) in [4.78, 5) is 0.236. The molecule has 4 nitrogen and oxygen atoms in total. The Morgan fingerprint density at radius 2 is 1.61 bits per heavy atom. The van der Waals surface area contributed by atoms with Gasteiger partial charge in [-0.05, 0) is 60.4 Å². The van der Waals surface area contributed by atoms with E-state index in [1.54, 1.807) is 0 Å². The van der Waals surface area contributed by atoms with E-state index in [0.29, 0.717) is 12.1 Å². The molecule has 178 valence electrons. The zero-order valence-electron chi connectivity index (χ0n) is 18.5. The number of alkyl halides is 3. The number of nitrogens with one attached hydrogen (secondary N) is 1. The molecule has 1 aliphatic rings. The Morgan fingerprint density at radius 3 is 2.24 bits per heavy atom. The van der Waals surface area contributed by atoms with Gasteiger partial charge in [0.2, 0.25) is 0 Å². The van der Waals surface area contributed by atoms with Crippen molar-refractivity contribution in [3.05, 3.63) is 72.3 Å². The number of fused-ring (bicyclic) bond motifs is 1. The predicted molar refractivity (Wildman–Crippen MR) is 126 cm³/mol. The molecule has 1 saturated carbocycles. The van der Waals surface area contributed by atoms with Crippen LogP contribution in [0.5, 0.6) is 5.75 Å². The second kappa shape index (κ2) is 11.6. The molecule has 0 bridgehead atoms. The van der Waals surface area contributed by atoms with E-state index in [-0.39, 0.29) is 10.6 Å².